The number of aromatic nitrogens is 3. The van der Waals surface area contributed by atoms with Gasteiger partial charge < -0.3 is 25.6 Å². The van der Waals surface area contributed by atoms with E-state index in [-0.39, 0.29) is 23.2 Å². The highest BCUT2D eigenvalue weighted by molar-refractivity contribution is 6.53. The van der Waals surface area contributed by atoms with Crippen LogP contribution in [0.25, 0.3) is 5.65 Å². The number of pyridine rings is 1. The summed E-state index contributed by atoms with van der Waals surface area (Å²) in [5.74, 6) is -0.220. The number of ether oxygens (including phenoxy) is 1. The summed E-state index contributed by atoms with van der Waals surface area (Å²) in [6.07, 6.45) is 4.77. The van der Waals surface area contributed by atoms with Crippen molar-refractivity contribution in [1.29, 1.82) is 0 Å². The van der Waals surface area contributed by atoms with Crippen molar-refractivity contribution in [3.8, 4) is 0 Å². The van der Waals surface area contributed by atoms with Crippen LogP contribution in [0.2, 0.25) is 0 Å². The summed E-state index contributed by atoms with van der Waals surface area (Å²) >= 11 is 0. The van der Waals surface area contributed by atoms with E-state index in [2.05, 4.69) is 25.3 Å². The van der Waals surface area contributed by atoms with Crippen LogP contribution in [0.1, 0.15) is 12.8 Å². The number of amides is 2. The first kappa shape index (κ1) is 20.8. The number of hydrogen-bond donors (Lipinski definition) is 2. The molecular weight excluding hydrogens is 400 g/mol. The average molecular weight is 426 g/mol. The SMILES string of the molecule is CN=C(C(=O)Nc1ccn2nc(N3CCOCC3)nc2c1)C(=CN)C(=O)N(C)C1CC1. The number of rotatable bonds is 6. The molecule has 3 N–H and O–H groups in total. The molecule has 0 unspecified atom stereocenters. The highest BCUT2D eigenvalue weighted by Crippen LogP contribution is 2.26. The third kappa shape index (κ3) is 4.36. The maximum absolute atomic E-state index is 12.9. The molecule has 0 bridgehead atoms. The van der Waals surface area contributed by atoms with Gasteiger partial charge in [0.1, 0.15) is 5.71 Å². The minimum atomic E-state index is -0.519. The minimum Gasteiger partial charge on any atom is -0.404 e. The third-order valence-electron chi connectivity index (χ3n) is 5.38. The lowest BCUT2D eigenvalue weighted by atomic mass is 10.1. The Morgan fingerprint density at radius 2 is 2.10 bits per heavy atom. The molecular formula is C20H26N8O3. The molecule has 0 spiro atoms. The molecule has 2 amide bonds. The second-order valence-corrected chi connectivity index (χ2v) is 7.48. The average Bonchev–Trinajstić information content (AvgIpc) is 3.55. The van der Waals surface area contributed by atoms with Gasteiger partial charge in [0.2, 0.25) is 5.95 Å². The molecule has 2 aromatic rings. The van der Waals surface area contributed by atoms with Gasteiger partial charge >= 0.3 is 0 Å². The molecule has 11 heteroatoms. The second-order valence-electron chi connectivity index (χ2n) is 7.48. The van der Waals surface area contributed by atoms with Gasteiger partial charge in [0.15, 0.2) is 5.65 Å². The molecule has 1 aliphatic heterocycles. The number of nitrogens with one attached hydrogen (secondary N) is 1. The largest absolute Gasteiger partial charge is 0.404 e. The van der Waals surface area contributed by atoms with E-state index >= 15 is 0 Å². The van der Waals surface area contributed by atoms with E-state index in [1.807, 2.05) is 0 Å². The molecule has 164 valence electrons. The lowest BCUT2D eigenvalue weighted by Gasteiger charge is -2.25. The molecule has 31 heavy (non-hydrogen) atoms. The monoisotopic (exact) mass is 426 g/mol. The highest BCUT2D eigenvalue weighted by Gasteiger charge is 2.33. The maximum Gasteiger partial charge on any atom is 0.274 e. The first-order valence-electron chi connectivity index (χ1n) is 10.2. The Balaban J connectivity index is 1.50. The fraction of sp³-hybridized carbons (Fsp3) is 0.450. The van der Waals surface area contributed by atoms with Crippen LogP contribution in [-0.2, 0) is 14.3 Å². The van der Waals surface area contributed by atoms with Crippen molar-refractivity contribution in [2.24, 2.45) is 10.7 Å². The normalized spacial score (nSPS) is 17.7. The molecule has 4 rings (SSSR count). The number of likely N-dealkylation sites (N-methyl/N-ethyl adjacent to an activating group) is 1. The summed E-state index contributed by atoms with van der Waals surface area (Å²) in [4.78, 5) is 37.8. The fourth-order valence-corrected chi connectivity index (χ4v) is 3.45. The number of anilines is 2. The van der Waals surface area contributed by atoms with Gasteiger partial charge in [-0.2, -0.15) is 4.98 Å². The van der Waals surface area contributed by atoms with E-state index < -0.39 is 5.91 Å². The van der Waals surface area contributed by atoms with Crippen molar-refractivity contribution >= 4 is 34.8 Å². The lowest BCUT2D eigenvalue weighted by molar-refractivity contribution is -0.126. The predicted octanol–water partition coefficient (Wildman–Crippen LogP) is 0.0386. The smallest absolute Gasteiger partial charge is 0.274 e. The number of fused-ring (bicyclic) bond motifs is 1. The van der Waals surface area contributed by atoms with Crippen LogP contribution < -0.4 is 16.0 Å². The second kappa shape index (κ2) is 8.72. The van der Waals surface area contributed by atoms with Gasteiger partial charge in [-0.3, -0.25) is 14.6 Å². The molecule has 2 aromatic heterocycles. The third-order valence-corrected chi connectivity index (χ3v) is 5.38. The number of carbonyl (C=O) groups excluding carboxylic acids is 2. The van der Waals surface area contributed by atoms with Crippen LogP contribution >= 0.6 is 0 Å². The topological polar surface area (TPSA) is 130 Å². The van der Waals surface area contributed by atoms with Crippen LogP contribution in [0.15, 0.2) is 35.1 Å². The fourth-order valence-electron chi connectivity index (χ4n) is 3.45. The van der Waals surface area contributed by atoms with Crippen LogP contribution in [0, 0.1) is 0 Å². The molecule has 3 heterocycles. The van der Waals surface area contributed by atoms with E-state index in [9.17, 15) is 9.59 Å². The van der Waals surface area contributed by atoms with Crippen molar-refractivity contribution in [2.75, 3.05) is 50.6 Å². The van der Waals surface area contributed by atoms with Crippen LogP contribution in [-0.4, -0.2) is 83.5 Å². The van der Waals surface area contributed by atoms with Gasteiger partial charge in [0.25, 0.3) is 11.8 Å². The summed E-state index contributed by atoms with van der Waals surface area (Å²) in [5.41, 5.74) is 6.84. The first-order valence-corrected chi connectivity index (χ1v) is 10.2. The first-order chi connectivity index (χ1) is 15.0. The molecule has 1 saturated carbocycles. The molecule has 1 saturated heterocycles. The van der Waals surface area contributed by atoms with Gasteiger partial charge in [-0.1, -0.05) is 0 Å². The zero-order chi connectivity index (χ0) is 22.0. The molecule has 2 aliphatic rings. The van der Waals surface area contributed by atoms with E-state index in [4.69, 9.17) is 10.5 Å². The van der Waals surface area contributed by atoms with E-state index in [0.717, 1.165) is 32.1 Å². The molecule has 11 nitrogen and oxygen atoms in total. The van der Waals surface area contributed by atoms with Crippen molar-refractivity contribution in [3.63, 3.8) is 0 Å². The van der Waals surface area contributed by atoms with Gasteiger partial charge in [-0.05, 0) is 18.9 Å². The zero-order valence-electron chi connectivity index (χ0n) is 17.6. The molecule has 0 radical (unpaired) electrons. The molecule has 0 atom stereocenters. The zero-order valence-corrected chi connectivity index (χ0v) is 17.6. The molecule has 1 aliphatic carbocycles. The van der Waals surface area contributed by atoms with Gasteiger partial charge in [-0.15, -0.1) is 5.10 Å². The standard InChI is InChI=1S/C20H26N8O3/c1-22-17(15(12-21)19(30)26(2)14-3-4-14)18(29)23-13-5-6-28-16(11-13)24-20(25-28)27-7-9-31-10-8-27/h5-6,11-12,14H,3-4,7-10,21H2,1-2H3,(H,23,29). The number of aliphatic imine (C=N–C) groups is 1. The highest BCUT2D eigenvalue weighted by atomic mass is 16.5. The Bertz CT molecular complexity index is 1050. The van der Waals surface area contributed by atoms with Crippen LogP contribution in [0.5, 0.6) is 0 Å². The van der Waals surface area contributed by atoms with Crippen molar-refractivity contribution < 1.29 is 14.3 Å². The quantitative estimate of drug-likeness (QED) is 0.492. The summed E-state index contributed by atoms with van der Waals surface area (Å²) in [6, 6.07) is 3.62. The van der Waals surface area contributed by atoms with Gasteiger partial charge in [0.05, 0.1) is 18.8 Å². The number of nitrogens with two attached hydrogens (primary N) is 1. The number of hydrogen-bond acceptors (Lipinski definition) is 8. The minimum absolute atomic E-state index is 0.0182. The van der Waals surface area contributed by atoms with Crippen molar-refractivity contribution in [1.82, 2.24) is 19.5 Å². The Hall–Kier alpha value is -3.47. The van der Waals surface area contributed by atoms with E-state index in [1.54, 1.807) is 34.8 Å². The van der Waals surface area contributed by atoms with Crippen LogP contribution in [0.3, 0.4) is 0 Å². The Morgan fingerprint density at radius 1 is 1.35 bits per heavy atom. The summed E-state index contributed by atoms with van der Waals surface area (Å²) in [6.45, 7) is 2.74. The summed E-state index contributed by atoms with van der Waals surface area (Å²) < 4.78 is 7.01. The van der Waals surface area contributed by atoms with Gasteiger partial charge in [-0.25, -0.2) is 4.52 Å². The summed E-state index contributed by atoms with van der Waals surface area (Å²) in [5, 5.41) is 7.25. The van der Waals surface area contributed by atoms with E-state index in [1.165, 1.54) is 7.05 Å². The van der Waals surface area contributed by atoms with Gasteiger partial charge in [0, 0.05) is 57.4 Å². The Labute approximate surface area is 179 Å². The number of nitrogens with zero attached hydrogens (tertiary/aromatic N) is 6. The van der Waals surface area contributed by atoms with Crippen molar-refractivity contribution in [2.45, 2.75) is 18.9 Å². The van der Waals surface area contributed by atoms with Crippen molar-refractivity contribution in [3.05, 3.63) is 30.1 Å². The molecule has 2 fully saturated rings. The van der Waals surface area contributed by atoms with Crippen LogP contribution in [0.4, 0.5) is 11.6 Å². The van der Waals surface area contributed by atoms with E-state index in [0.29, 0.717) is 30.5 Å². The Kier molecular flexibility index (Phi) is 5.85. The lowest BCUT2D eigenvalue weighted by Crippen LogP contribution is -2.37. The maximum atomic E-state index is 12.9. The predicted molar refractivity (Wildman–Crippen MR) is 116 cm³/mol. The number of morpholine rings is 1. The molecule has 0 aromatic carbocycles. The Morgan fingerprint density at radius 3 is 2.74 bits per heavy atom. The number of carbonyl (C=O) groups is 2. The summed E-state index contributed by atoms with van der Waals surface area (Å²) in [7, 11) is 3.17.